The van der Waals surface area contributed by atoms with E-state index in [2.05, 4.69) is 15.3 Å². The summed E-state index contributed by atoms with van der Waals surface area (Å²) in [6.45, 7) is 1.32. The second-order valence-electron chi connectivity index (χ2n) is 7.22. The molecule has 0 spiro atoms. The molecular formula is C20H18F3N5O4. The highest BCUT2D eigenvalue weighted by molar-refractivity contribution is 6.39. The summed E-state index contributed by atoms with van der Waals surface area (Å²) in [5.41, 5.74) is 0.171. The van der Waals surface area contributed by atoms with Crippen molar-refractivity contribution in [3.63, 3.8) is 0 Å². The number of alkyl halides is 3. The van der Waals surface area contributed by atoms with E-state index in [4.69, 9.17) is 4.42 Å². The molecule has 12 heteroatoms. The summed E-state index contributed by atoms with van der Waals surface area (Å²) in [6, 6.07) is 6.76. The van der Waals surface area contributed by atoms with Crippen molar-refractivity contribution in [3.8, 4) is 0 Å². The lowest BCUT2D eigenvalue weighted by molar-refractivity contribution is -0.143. The molecule has 2 amide bonds. The number of H-pyrrole nitrogens is 1. The first-order valence-electron chi connectivity index (χ1n) is 9.72. The lowest BCUT2D eigenvalue weighted by atomic mass is 10.2. The number of benzene rings is 1. The second kappa shape index (κ2) is 8.36. The Kier molecular flexibility index (Phi) is 5.59. The van der Waals surface area contributed by atoms with Gasteiger partial charge in [0.25, 0.3) is 0 Å². The van der Waals surface area contributed by atoms with Crippen molar-refractivity contribution in [3.05, 3.63) is 52.6 Å². The number of anilines is 2. The molecule has 32 heavy (non-hydrogen) atoms. The van der Waals surface area contributed by atoms with Gasteiger partial charge in [-0.2, -0.15) is 13.2 Å². The average molecular weight is 449 g/mol. The molecule has 9 nitrogen and oxygen atoms in total. The number of oxazole rings is 1. The van der Waals surface area contributed by atoms with Gasteiger partial charge < -0.3 is 19.5 Å². The number of hydrogen-bond donors (Lipinski definition) is 2. The summed E-state index contributed by atoms with van der Waals surface area (Å²) in [6.07, 6.45) is -3.17. The first-order valence-corrected chi connectivity index (χ1v) is 9.72. The molecule has 3 heterocycles. The molecular weight excluding hydrogens is 431 g/mol. The molecule has 0 saturated carbocycles. The van der Waals surface area contributed by atoms with Crippen molar-refractivity contribution >= 4 is 34.4 Å². The number of carbonyl (C=O) groups excluding carboxylic acids is 2. The Balaban J connectivity index is 1.38. The molecule has 1 aliphatic heterocycles. The summed E-state index contributed by atoms with van der Waals surface area (Å²) < 4.78 is 43.1. The average Bonchev–Trinajstić information content (AvgIpc) is 2.95. The lowest BCUT2D eigenvalue weighted by Crippen LogP contribution is -2.41. The smallest absolute Gasteiger partial charge is 0.408 e. The van der Waals surface area contributed by atoms with Gasteiger partial charge in [-0.1, -0.05) is 0 Å². The monoisotopic (exact) mass is 449 g/mol. The summed E-state index contributed by atoms with van der Waals surface area (Å²) >= 11 is 0. The highest BCUT2D eigenvalue weighted by atomic mass is 19.4. The Labute approximate surface area is 178 Å². The zero-order valence-corrected chi connectivity index (χ0v) is 16.6. The fourth-order valence-corrected chi connectivity index (χ4v) is 3.44. The number of aromatic amines is 1. The van der Waals surface area contributed by atoms with Crippen LogP contribution in [-0.4, -0.2) is 52.9 Å². The van der Waals surface area contributed by atoms with Crippen LogP contribution in [0, 0.1) is 0 Å². The number of nitrogens with zero attached hydrogens (tertiary/aromatic N) is 3. The SMILES string of the molecule is O=C(Nc1ccc2[nH]c(=O)oc2c1)C(=O)N1CCCN(c2ccc(C(F)(F)F)cn2)CC1. The number of fused-ring (bicyclic) bond motifs is 1. The van der Waals surface area contributed by atoms with E-state index in [-0.39, 0.29) is 12.1 Å². The van der Waals surface area contributed by atoms with Gasteiger partial charge in [-0.25, -0.2) is 9.78 Å². The second-order valence-corrected chi connectivity index (χ2v) is 7.22. The molecule has 0 atom stereocenters. The number of amides is 2. The van der Waals surface area contributed by atoms with Crippen LogP contribution in [0.1, 0.15) is 12.0 Å². The van der Waals surface area contributed by atoms with Gasteiger partial charge in [-0.05, 0) is 30.7 Å². The minimum atomic E-state index is -4.46. The van der Waals surface area contributed by atoms with Gasteiger partial charge in [0.2, 0.25) is 0 Å². The van der Waals surface area contributed by atoms with Gasteiger partial charge in [0, 0.05) is 44.1 Å². The Bertz CT molecular complexity index is 1200. The summed E-state index contributed by atoms with van der Waals surface area (Å²) in [5.74, 6) is -1.83. The van der Waals surface area contributed by atoms with Gasteiger partial charge in [-0.3, -0.25) is 14.6 Å². The van der Waals surface area contributed by atoms with Crippen molar-refractivity contribution in [2.24, 2.45) is 0 Å². The number of aromatic nitrogens is 2. The highest BCUT2D eigenvalue weighted by Gasteiger charge is 2.31. The van der Waals surface area contributed by atoms with E-state index in [1.54, 1.807) is 11.0 Å². The molecule has 4 rings (SSSR count). The van der Waals surface area contributed by atoms with Crippen LogP contribution in [0.3, 0.4) is 0 Å². The molecule has 1 fully saturated rings. The molecule has 168 valence electrons. The third-order valence-electron chi connectivity index (χ3n) is 5.06. The van der Waals surface area contributed by atoms with E-state index in [0.29, 0.717) is 43.1 Å². The van der Waals surface area contributed by atoms with Crippen molar-refractivity contribution < 1.29 is 27.2 Å². The molecule has 2 N–H and O–H groups in total. The van der Waals surface area contributed by atoms with Crippen molar-refractivity contribution in [2.45, 2.75) is 12.6 Å². The zero-order valence-electron chi connectivity index (χ0n) is 16.6. The van der Waals surface area contributed by atoms with E-state index in [1.165, 1.54) is 23.1 Å². The highest BCUT2D eigenvalue weighted by Crippen LogP contribution is 2.29. The van der Waals surface area contributed by atoms with Crippen LogP contribution in [0.2, 0.25) is 0 Å². The summed E-state index contributed by atoms with van der Waals surface area (Å²) in [4.78, 5) is 45.8. The maximum atomic E-state index is 12.7. The van der Waals surface area contributed by atoms with Crippen LogP contribution < -0.4 is 16.0 Å². The fourth-order valence-electron chi connectivity index (χ4n) is 3.44. The number of hydrogen-bond acceptors (Lipinski definition) is 6. The Morgan fingerprint density at radius 3 is 2.62 bits per heavy atom. The van der Waals surface area contributed by atoms with Crippen LogP contribution in [0.25, 0.3) is 11.1 Å². The van der Waals surface area contributed by atoms with Crippen molar-refractivity contribution in [2.75, 3.05) is 36.4 Å². The zero-order chi connectivity index (χ0) is 22.9. The third-order valence-corrected chi connectivity index (χ3v) is 5.06. The summed E-state index contributed by atoms with van der Waals surface area (Å²) in [5, 5.41) is 2.49. The minimum Gasteiger partial charge on any atom is -0.408 e. The third kappa shape index (κ3) is 4.58. The molecule has 1 aromatic carbocycles. The number of rotatable bonds is 2. The molecule has 0 aliphatic carbocycles. The van der Waals surface area contributed by atoms with Gasteiger partial charge in [0.15, 0.2) is 5.58 Å². The molecule has 0 bridgehead atoms. The number of pyridine rings is 1. The van der Waals surface area contributed by atoms with Crippen LogP contribution in [-0.2, 0) is 15.8 Å². The van der Waals surface area contributed by atoms with Gasteiger partial charge in [0.1, 0.15) is 5.82 Å². The van der Waals surface area contributed by atoms with Gasteiger partial charge >= 0.3 is 23.7 Å². The van der Waals surface area contributed by atoms with Gasteiger partial charge in [-0.15, -0.1) is 0 Å². The lowest BCUT2D eigenvalue weighted by Gasteiger charge is -2.23. The Hall–Kier alpha value is -3.83. The van der Waals surface area contributed by atoms with Gasteiger partial charge in [0.05, 0.1) is 11.1 Å². The first kappa shape index (κ1) is 21.4. The van der Waals surface area contributed by atoms with Crippen LogP contribution in [0.4, 0.5) is 24.7 Å². The molecule has 1 aliphatic rings. The van der Waals surface area contributed by atoms with Crippen molar-refractivity contribution in [1.29, 1.82) is 0 Å². The van der Waals surface area contributed by atoms with E-state index < -0.39 is 29.3 Å². The van der Waals surface area contributed by atoms with E-state index in [0.717, 1.165) is 12.3 Å². The number of nitrogens with one attached hydrogen (secondary N) is 2. The maximum Gasteiger partial charge on any atom is 0.417 e. The van der Waals surface area contributed by atoms with E-state index in [9.17, 15) is 27.6 Å². The minimum absolute atomic E-state index is 0.209. The van der Waals surface area contributed by atoms with Crippen molar-refractivity contribution in [1.82, 2.24) is 14.9 Å². The fraction of sp³-hybridized carbons (Fsp3) is 0.300. The first-order chi connectivity index (χ1) is 15.2. The molecule has 0 radical (unpaired) electrons. The molecule has 0 unspecified atom stereocenters. The normalized spacial score (nSPS) is 15.0. The molecule has 3 aromatic rings. The largest absolute Gasteiger partial charge is 0.417 e. The Morgan fingerprint density at radius 2 is 1.91 bits per heavy atom. The maximum absolute atomic E-state index is 12.7. The standard InChI is InChI=1S/C20H18F3N5O4/c21-20(22,23)12-2-5-16(24-11-12)27-6-1-7-28(9-8-27)18(30)17(29)25-13-3-4-14-15(10-13)32-19(31)26-14/h2-5,10-11H,1,6-9H2,(H,25,29)(H,26,31). The van der Waals surface area contributed by atoms with Crippen LogP contribution in [0.5, 0.6) is 0 Å². The quantitative estimate of drug-likeness (QED) is 0.581. The number of carbonyl (C=O) groups is 2. The molecule has 2 aromatic heterocycles. The Morgan fingerprint density at radius 1 is 1.09 bits per heavy atom. The number of halogens is 3. The summed E-state index contributed by atoms with van der Waals surface area (Å²) in [7, 11) is 0. The van der Waals surface area contributed by atoms with E-state index in [1.807, 2.05) is 0 Å². The molecule has 1 saturated heterocycles. The van der Waals surface area contributed by atoms with Crippen LogP contribution >= 0.6 is 0 Å². The van der Waals surface area contributed by atoms with Crippen LogP contribution in [0.15, 0.2) is 45.7 Å². The predicted octanol–water partition coefficient (Wildman–Crippen LogP) is 2.21. The van der Waals surface area contributed by atoms with E-state index >= 15 is 0 Å². The topological polar surface area (TPSA) is 112 Å². The predicted molar refractivity (Wildman–Crippen MR) is 108 cm³/mol.